The van der Waals surface area contributed by atoms with Gasteiger partial charge < -0.3 is 4.57 Å². The zero-order valence-electron chi connectivity index (χ0n) is 18.2. The Morgan fingerprint density at radius 3 is 2.50 bits per heavy atom. The predicted molar refractivity (Wildman–Crippen MR) is 125 cm³/mol. The van der Waals surface area contributed by atoms with E-state index in [1.165, 1.54) is 18.2 Å². The Labute approximate surface area is 199 Å². The predicted octanol–water partition coefficient (Wildman–Crippen LogP) is 4.32. The Morgan fingerprint density at radius 1 is 1.06 bits per heavy atom. The fourth-order valence-corrected chi connectivity index (χ4v) is 4.06. The van der Waals surface area contributed by atoms with E-state index in [-0.39, 0.29) is 17.8 Å². The number of nitro groups is 1. The van der Waals surface area contributed by atoms with Crippen LogP contribution in [0.2, 0.25) is 5.02 Å². The number of aromatic nitrogens is 1. The van der Waals surface area contributed by atoms with Gasteiger partial charge in [0.05, 0.1) is 17.2 Å². The molecule has 4 amide bonds. The standard InChI is InChI=1S/C24H19ClN4O5/c1-14-10-17(15(2)28(14)18-7-5-8-19(12-18)29(33)34)11-20-22(30)26-24(32)27(23(20)31)13-16-6-3-4-9-21(16)25/h3-12H,13H2,1-2H3,(H,26,30,32). The maximum Gasteiger partial charge on any atom is 0.331 e. The minimum absolute atomic E-state index is 0.0551. The summed E-state index contributed by atoms with van der Waals surface area (Å²) < 4.78 is 1.79. The first kappa shape index (κ1) is 22.9. The number of carbonyl (C=O) groups excluding carboxylic acids is 3. The quantitative estimate of drug-likeness (QED) is 0.254. The molecule has 10 heteroatoms. The fourth-order valence-electron chi connectivity index (χ4n) is 3.87. The van der Waals surface area contributed by atoms with Gasteiger partial charge in [0.15, 0.2) is 0 Å². The van der Waals surface area contributed by atoms with Gasteiger partial charge in [0, 0.05) is 28.5 Å². The molecule has 2 aromatic carbocycles. The highest BCUT2D eigenvalue weighted by atomic mass is 35.5. The second-order valence-electron chi connectivity index (χ2n) is 7.74. The van der Waals surface area contributed by atoms with Gasteiger partial charge in [0.25, 0.3) is 17.5 Å². The first-order valence-corrected chi connectivity index (χ1v) is 10.6. The molecule has 1 aliphatic heterocycles. The molecule has 1 saturated heterocycles. The molecule has 1 aliphatic rings. The third-order valence-corrected chi connectivity index (χ3v) is 5.91. The van der Waals surface area contributed by atoms with Crippen LogP contribution in [-0.4, -0.2) is 32.2 Å². The number of non-ortho nitro benzene ring substituents is 1. The van der Waals surface area contributed by atoms with Crippen molar-refractivity contribution in [1.29, 1.82) is 0 Å². The van der Waals surface area contributed by atoms with E-state index in [2.05, 4.69) is 5.32 Å². The van der Waals surface area contributed by atoms with Crippen molar-refractivity contribution in [2.24, 2.45) is 0 Å². The Hall–Kier alpha value is -4.24. The molecule has 4 rings (SSSR count). The lowest BCUT2D eigenvalue weighted by Crippen LogP contribution is -2.53. The Balaban J connectivity index is 1.71. The molecule has 0 bridgehead atoms. The molecule has 34 heavy (non-hydrogen) atoms. The molecule has 0 atom stereocenters. The molecule has 0 spiro atoms. The first-order valence-electron chi connectivity index (χ1n) is 10.2. The number of carbonyl (C=O) groups is 3. The van der Waals surface area contributed by atoms with Crippen LogP contribution < -0.4 is 5.32 Å². The van der Waals surface area contributed by atoms with Crippen LogP contribution in [0.15, 0.2) is 60.2 Å². The van der Waals surface area contributed by atoms with E-state index in [1.807, 2.05) is 6.92 Å². The minimum atomic E-state index is -0.825. The number of benzene rings is 2. The number of hydrogen-bond acceptors (Lipinski definition) is 5. The molecule has 9 nitrogen and oxygen atoms in total. The number of urea groups is 1. The van der Waals surface area contributed by atoms with Crippen molar-refractivity contribution >= 4 is 41.2 Å². The molecule has 0 saturated carbocycles. The zero-order chi connectivity index (χ0) is 24.6. The summed E-state index contributed by atoms with van der Waals surface area (Å²) in [5.74, 6) is -1.54. The summed E-state index contributed by atoms with van der Waals surface area (Å²) in [5.41, 5.74) is 2.85. The molecular weight excluding hydrogens is 460 g/mol. The van der Waals surface area contributed by atoms with Crippen molar-refractivity contribution in [2.75, 3.05) is 0 Å². The fraction of sp³-hybridized carbons (Fsp3) is 0.125. The van der Waals surface area contributed by atoms with Gasteiger partial charge in [0.1, 0.15) is 5.57 Å². The summed E-state index contributed by atoms with van der Waals surface area (Å²) in [6.45, 7) is 3.49. The highest BCUT2D eigenvalue weighted by molar-refractivity contribution is 6.32. The number of aryl methyl sites for hydroxylation is 1. The summed E-state index contributed by atoms with van der Waals surface area (Å²) in [7, 11) is 0. The SMILES string of the molecule is Cc1cc(C=C2C(=O)NC(=O)N(Cc3ccccc3Cl)C2=O)c(C)n1-c1cccc([N+](=O)[O-])c1. The molecular formula is C24H19ClN4O5. The Kier molecular flexibility index (Phi) is 6.04. The van der Waals surface area contributed by atoms with Gasteiger partial charge >= 0.3 is 6.03 Å². The summed E-state index contributed by atoms with van der Waals surface area (Å²) in [6, 6.07) is 13.9. The molecule has 0 unspecified atom stereocenters. The number of nitrogens with zero attached hydrogens (tertiary/aromatic N) is 3. The number of rotatable bonds is 5. The number of amides is 4. The van der Waals surface area contributed by atoms with Crippen molar-refractivity contribution in [3.63, 3.8) is 0 Å². The largest absolute Gasteiger partial charge is 0.331 e. The maximum atomic E-state index is 13.1. The van der Waals surface area contributed by atoms with Crippen LogP contribution in [0.25, 0.3) is 11.8 Å². The lowest BCUT2D eigenvalue weighted by Gasteiger charge is -2.26. The molecule has 3 aromatic rings. The summed E-state index contributed by atoms with van der Waals surface area (Å²) >= 11 is 6.17. The monoisotopic (exact) mass is 478 g/mol. The van der Waals surface area contributed by atoms with Gasteiger partial charge in [-0.2, -0.15) is 0 Å². The van der Waals surface area contributed by atoms with E-state index in [1.54, 1.807) is 54.0 Å². The molecule has 1 aromatic heterocycles. The van der Waals surface area contributed by atoms with Gasteiger partial charge in [-0.15, -0.1) is 0 Å². The van der Waals surface area contributed by atoms with Gasteiger partial charge in [-0.05, 0) is 49.2 Å². The van der Waals surface area contributed by atoms with Crippen molar-refractivity contribution in [3.8, 4) is 5.69 Å². The Morgan fingerprint density at radius 2 is 1.79 bits per heavy atom. The first-order chi connectivity index (χ1) is 16.2. The van der Waals surface area contributed by atoms with Crippen LogP contribution in [0.4, 0.5) is 10.5 Å². The van der Waals surface area contributed by atoms with Crippen molar-refractivity contribution in [3.05, 3.63) is 97.8 Å². The number of barbiturate groups is 1. The van der Waals surface area contributed by atoms with E-state index in [9.17, 15) is 24.5 Å². The van der Waals surface area contributed by atoms with Gasteiger partial charge in [0.2, 0.25) is 0 Å². The second-order valence-corrected chi connectivity index (χ2v) is 8.15. The lowest BCUT2D eigenvalue weighted by atomic mass is 10.1. The highest BCUT2D eigenvalue weighted by Crippen LogP contribution is 2.27. The summed E-state index contributed by atoms with van der Waals surface area (Å²) in [6.07, 6.45) is 1.42. The smallest absolute Gasteiger partial charge is 0.318 e. The number of nitrogens with one attached hydrogen (secondary N) is 1. The van der Waals surface area contributed by atoms with Crippen molar-refractivity contribution in [1.82, 2.24) is 14.8 Å². The second kappa shape index (κ2) is 8.95. The van der Waals surface area contributed by atoms with Gasteiger partial charge in [-0.1, -0.05) is 35.9 Å². The van der Waals surface area contributed by atoms with Crippen LogP contribution in [0.5, 0.6) is 0 Å². The maximum absolute atomic E-state index is 13.1. The molecule has 172 valence electrons. The van der Waals surface area contributed by atoms with Gasteiger partial charge in [-0.3, -0.25) is 29.9 Å². The van der Waals surface area contributed by atoms with E-state index < -0.39 is 22.8 Å². The number of halogens is 1. The number of nitro benzene ring substituents is 1. The normalized spacial score (nSPS) is 15.1. The summed E-state index contributed by atoms with van der Waals surface area (Å²) in [5, 5.41) is 13.8. The van der Waals surface area contributed by atoms with Crippen molar-refractivity contribution in [2.45, 2.75) is 20.4 Å². The minimum Gasteiger partial charge on any atom is -0.318 e. The lowest BCUT2D eigenvalue weighted by molar-refractivity contribution is -0.384. The van der Waals surface area contributed by atoms with Crippen LogP contribution in [0, 0.1) is 24.0 Å². The van der Waals surface area contributed by atoms with E-state index in [0.717, 1.165) is 10.6 Å². The van der Waals surface area contributed by atoms with Crippen LogP contribution >= 0.6 is 11.6 Å². The van der Waals surface area contributed by atoms with Gasteiger partial charge in [-0.25, -0.2) is 4.79 Å². The Bertz CT molecular complexity index is 1390. The average molecular weight is 479 g/mol. The molecule has 2 heterocycles. The topological polar surface area (TPSA) is 115 Å². The van der Waals surface area contributed by atoms with Crippen LogP contribution in [-0.2, 0) is 16.1 Å². The zero-order valence-corrected chi connectivity index (χ0v) is 19.0. The molecule has 0 aliphatic carbocycles. The van der Waals surface area contributed by atoms with Crippen LogP contribution in [0.1, 0.15) is 22.5 Å². The number of hydrogen-bond donors (Lipinski definition) is 1. The molecule has 1 fully saturated rings. The number of imide groups is 2. The third-order valence-electron chi connectivity index (χ3n) is 5.54. The average Bonchev–Trinajstić information content (AvgIpc) is 3.08. The third kappa shape index (κ3) is 4.20. The molecule has 1 N–H and O–H groups in total. The van der Waals surface area contributed by atoms with E-state index >= 15 is 0 Å². The van der Waals surface area contributed by atoms with Crippen molar-refractivity contribution < 1.29 is 19.3 Å². The van der Waals surface area contributed by atoms with E-state index in [0.29, 0.717) is 27.5 Å². The summed E-state index contributed by atoms with van der Waals surface area (Å²) in [4.78, 5) is 49.6. The van der Waals surface area contributed by atoms with E-state index in [4.69, 9.17) is 11.6 Å². The van der Waals surface area contributed by atoms with Crippen LogP contribution in [0.3, 0.4) is 0 Å². The highest BCUT2D eigenvalue weighted by Gasteiger charge is 2.36. The molecule has 0 radical (unpaired) electrons.